The van der Waals surface area contributed by atoms with Gasteiger partial charge in [0.05, 0.1) is 6.61 Å². The molecule has 118 valence electrons. The number of hydrogen-bond donors (Lipinski definition) is 1. The van der Waals surface area contributed by atoms with E-state index in [1.807, 2.05) is 0 Å². The van der Waals surface area contributed by atoms with E-state index in [2.05, 4.69) is 50.4 Å². The number of nitrogens with one attached hydrogen (secondary N) is 1. The zero-order valence-corrected chi connectivity index (χ0v) is 14.0. The number of ether oxygens (including phenoxy) is 1. The van der Waals surface area contributed by atoms with Gasteiger partial charge in [-0.3, -0.25) is 0 Å². The Balaban J connectivity index is 2.12. The molecule has 1 aromatic rings. The highest BCUT2D eigenvalue weighted by Crippen LogP contribution is 2.47. The van der Waals surface area contributed by atoms with Gasteiger partial charge >= 0.3 is 0 Å². The summed E-state index contributed by atoms with van der Waals surface area (Å²) in [7, 11) is 0. The minimum absolute atomic E-state index is 0.404. The van der Waals surface area contributed by atoms with Crippen LogP contribution in [0, 0.1) is 5.41 Å². The quantitative estimate of drug-likeness (QED) is 0.719. The Bertz CT molecular complexity index is 406. The molecule has 0 bridgehead atoms. The molecule has 1 N–H and O–H groups in total. The van der Waals surface area contributed by atoms with Crippen molar-refractivity contribution in [1.29, 1.82) is 0 Å². The molecule has 0 spiro atoms. The molecule has 1 saturated carbocycles. The lowest BCUT2D eigenvalue weighted by Gasteiger charge is -2.35. The van der Waals surface area contributed by atoms with E-state index in [-0.39, 0.29) is 0 Å². The minimum Gasteiger partial charge on any atom is -0.494 e. The van der Waals surface area contributed by atoms with Crippen LogP contribution in [0.5, 0.6) is 5.75 Å². The van der Waals surface area contributed by atoms with Crippen LogP contribution in [-0.4, -0.2) is 13.2 Å². The van der Waals surface area contributed by atoms with E-state index in [0.717, 1.165) is 25.3 Å². The zero-order valence-electron chi connectivity index (χ0n) is 14.0. The SMILES string of the molecule is CCCNC(c1ccc(OCCC)cc1)C1(C)CCCC1. The highest BCUT2D eigenvalue weighted by molar-refractivity contribution is 5.30. The molecule has 1 unspecified atom stereocenters. The molecule has 21 heavy (non-hydrogen) atoms. The summed E-state index contributed by atoms with van der Waals surface area (Å²) in [5.74, 6) is 0.992. The lowest BCUT2D eigenvalue weighted by Crippen LogP contribution is -2.35. The molecule has 0 radical (unpaired) electrons. The van der Waals surface area contributed by atoms with Gasteiger partial charge in [0.25, 0.3) is 0 Å². The Morgan fingerprint density at radius 1 is 1.10 bits per heavy atom. The standard InChI is InChI=1S/C19H31NO/c1-4-14-20-18(19(3)12-6-7-13-19)16-8-10-17(11-9-16)21-15-5-2/h8-11,18,20H,4-7,12-15H2,1-3H3. The summed E-state index contributed by atoms with van der Waals surface area (Å²) >= 11 is 0. The topological polar surface area (TPSA) is 21.3 Å². The van der Waals surface area contributed by atoms with Gasteiger partial charge in [0.15, 0.2) is 0 Å². The van der Waals surface area contributed by atoms with Gasteiger partial charge < -0.3 is 10.1 Å². The van der Waals surface area contributed by atoms with Crippen LogP contribution >= 0.6 is 0 Å². The van der Waals surface area contributed by atoms with Crippen molar-refractivity contribution in [3.63, 3.8) is 0 Å². The molecule has 1 aromatic carbocycles. The van der Waals surface area contributed by atoms with Crippen LogP contribution in [0.3, 0.4) is 0 Å². The Morgan fingerprint density at radius 2 is 1.76 bits per heavy atom. The van der Waals surface area contributed by atoms with Crippen LogP contribution in [0.1, 0.15) is 70.9 Å². The molecule has 2 rings (SSSR count). The smallest absolute Gasteiger partial charge is 0.119 e. The summed E-state index contributed by atoms with van der Waals surface area (Å²) in [5, 5.41) is 3.79. The average molecular weight is 289 g/mol. The van der Waals surface area contributed by atoms with E-state index >= 15 is 0 Å². The highest BCUT2D eigenvalue weighted by Gasteiger charge is 2.37. The fourth-order valence-corrected chi connectivity index (χ4v) is 3.50. The first-order valence-corrected chi connectivity index (χ1v) is 8.66. The second-order valence-electron chi connectivity index (χ2n) is 6.67. The molecule has 0 amide bonds. The Hall–Kier alpha value is -1.02. The molecule has 1 aliphatic rings. The second-order valence-corrected chi connectivity index (χ2v) is 6.67. The lowest BCUT2D eigenvalue weighted by molar-refractivity contribution is 0.223. The lowest BCUT2D eigenvalue weighted by atomic mass is 9.77. The van der Waals surface area contributed by atoms with E-state index in [4.69, 9.17) is 4.74 Å². The first kappa shape index (κ1) is 16.4. The maximum absolute atomic E-state index is 5.70. The van der Waals surface area contributed by atoms with Crippen LogP contribution in [-0.2, 0) is 0 Å². The summed E-state index contributed by atoms with van der Waals surface area (Å²) in [6, 6.07) is 9.23. The van der Waals surface area contributed by atoms with Crippen LogP contribution in [0.2, 0.25) is 0 Å². The summed E-state index contributed by atoms with van der Waals surface area (Å²) in [5.41, 5.74) is 1.82. The molecule has 2 heteroatoms. The molecular weight excluding hydrogens is 258 g/mol. The number of rotatable bonds is 8. The van der Waals surface area contributed by atoms with Crippen molar-refractivity contribution in [2.45, 2.75) is 65.3 Å². The minimum atomic E-state index is 0.404. The second kappa shape index (κ2) is 7.84. The van der Waals surface area contributed by atoms with Gasteiger partial charge in [-0.1, -0.05) is 45.7 Å². The van der Waals surface area contributed by atoms with Gasteiger partial charge in [0.1, 0.15) is 5.75 Å². The molecule has 0 aliphatic heterocycles. The fourth-order valence-electron chi connectivity index (χ4n) is 3.50. The van der Waals surface area contributed by atoms with E-state index < -0.39 is 0 Å². The maximum atomic E-state index is 5.70. The van der Waals surface area contributed by atoms with E-state index in [1.165, 1.54) is 37.7 Å². The molecule has 1 atom stereocenters. The summed E-state index contributed by atoms with van der Waals surface area (Å²) < 4.78 is 5.70. The van der Waals surface area contributed by atoms with Crippen LogP contribution in [0.15, 0.2) is 24.3 Å². The third-order valence-corrected chi connectivity index (χ3v) is 4.73. The summed E-state index contributed by atoms with van der Waals surface area (Å²) in [4.78, 5) is 0. The van der Waals surface area contributed by atoms with Crippen molar-refractivity contribution >= 4 is 0 Å². The fraction of sp³-hybridized carbons (Fsp3) is 0.684. The predicted octanol–water partition coefficient (Wildman–Crippen LogP) is 5.10. The zero-order chi connectivity index (χ0) is 15.1. The van der Waals surface area contributed by atoms with Gasteiger partial charge in [0.2, 0.25) is 0 Å². The third-order valence-electron chi connectivity index (χ3n) is 4.73. The first-order chi connectivity index (χ1) is 10.2. The van der Waals surface area contributed by atoms with Crippen LogP contribution < -0.4 is 10.1 Å². The largest absolute Gasteiger partial charge is 0.494 e. The van der Waals surface area contributed by atoms with Gasteiger partial charge in [0, 0.05) is 6.04 Å². The van der Waals surface area contributed by atoms with Gasteiger partial charge in [-0.25, -0.2) is 0 Å². The normalized spacial score (nSPS) is 18.6. The molecule has 2 nitrogen and oxygen atoms in total. The summed E-state index contributed by atoms with van der Waals surface area (Å²) in [6.45, 7) is 8.72. The molecule has 0 saturated heterocycles. The number of benzene rings is 1. The van der Waals surface area contributed by atoms with E-state index in [9.17, 15) is 0 Å². The molecule has 1 fully saturated rings. The Morgan fingerprint density at radius 3 is 2.33 bits per heavy atom. The van der Waals surface area contributed by atoms with Gasteiger partial charge in [-0.05, 0) is 55.3 Å². The Kier molecular flexibility index (Phi) is 6.10. The van der Waals surface area contributed by atoms with Crippen molar-refractivity contribution in [2.75, 3.05) is 13.2 Å². The molecule has 0 heterocycles. The van der Waals surface area contributed by atoms with Crippen molar-refractivity contribution in [2.24, 2.45) is 5.41 Å². The highest BCUT2D eigenvalue weighted by atomic mass is 16.5. The van der Waals surface area contributed by atoms with Crippen LogP contribution in [0.25, 0.3) is 0 Å². The maximum Gasteiger partial charge on any atom is 0.119 e. The van der Waals surface area contributed by atoms with Crippen molar-refractivity contribution in [3.8, 4) is 5.75 Å². The van der Waals surface area contributed by atoms with Crippen molar-refractivity contribution in [3.05, 3.63) is 29.8 Å². The average Bonchev–Trinajstić information content (AvgIpc) is 2.94. The molecule has 0 aromatic heterocycles. The summed E-state index contributed by atoms with van der Waals surface area (Å²) in [6.07, 6.45) is 7.66. The van der Waals surface area contributed by atoms with Gasteiger partial charge in [-0.15, -0.1) is 0 Å². The number of hydrogen-bond acceptors (Lipinski definition) is 2. The van der Waals surface area contributed by atoms with Crippen molar-refractivity contribution in [1.82, 2.24) is 5.32 Å². The van der Waals surface area contributed by atoms with E-state index in [1.54, 1.807) is 0 Å². The van der Waals surface area contributed by atoms with Gasteiger partial charge in [-0.2, -0.15) is 0 Å². The molecule has 1 aliphatic carbocycles. The van der Waals surface area contributed by atoms with Crippen LogP contribution in [0.4, 0.5) is 0 Å². The Labute approximate surface area is 130 Å². The first-order valence-electron chi connectivity index (χ1n) is 8.66. The van der Waals surface area contributed by atoms with Crippen molar-refractivity contribution < 1.29 is 4.74 Å². The monoisotopic (exact) mass is 289 g/mol. The van der Waals surface area contributed by atoms with E-state index in [0.29, 0.717) is 11.5 Å². The molecular formula is C19H31NO. The predicted molar refractivity (Wildman–Crippen MR) is 89.8 cm³/mol. The third kappa shape index (κ3) is 4.23.